The van der Waals surface area contributed by atoms with Gasteiger partial charge in [-0.25, -0.2) is 9.78 Å². The Morgan fingerprint density at radius 2 is 1.67 bits per heavy atom. The monoisotopic (exact) mass is 338 g/mol. The average Bonchev–Trinajstić information content (AvgIpc) is 3.03. The standard InChI is InChI=1S/C19H18N2O2S/c22-18(23)17(12-15-9-5-2-6-10-15)21-19-20-16(13-24-19)11-14-7-3-1-4-8-14/h1-10,13,17H,11-12H2,(H,20,21)(H,22,23)/t17-/m1/s1. The van der Waals surface area contributed by atoms with Crippen molar-refractivity contribution >= 4 is 22.4 Å². The van der Waals surface area contributed by atoms with Crippen LogP contribution in [-0.2, 0) is 17.6 Å². The molecular weight excluding hydrogens is 320 g/mol. The molecule has 0 saturated carbocycles. The maximum atomic E-state index is 11.5. The smallest absolute Gasteiger partial charge is 0.326 e. The molecule has 0 unspecified atom stereocenters. The molecule has 3 aromatic rings. The van der Waals surface area contributed by atoms with Crippen molar-refractivity contribution in [2.75, 3.05) is 5.32 Å². The average molecular weight is 338 g/mol. The lowest BCUT2D eigenvalue weighted by atomic mass is 10.1. The van der Waals surface area contributed by atoms with Gasteiger partial charge in [0.25, 0.3) is 0 Å². The molecule has 0 radical (unpaired) electrons. The zero-order valence-corrected chi connectivity index (χ0v) is 13.9. The number of hydrogen-bond donors (Lipinski definition) is 2. The fourth-order valence-electron chi connectivity index (χ4n) is 2.46. The number of nitrogens with one attached hydrogen (secondary N) is 1. The number of aromatic nitrogens is 1. The van der Waals surface area contributed by atoms with Gasteiger partial charge in [0.15, 0.2) is 5.13 Å². The van der Waals surface area contributed by atoms with Crippen molar-refractivity contribution in [2.24, 2.45) is 0 Å². The van der Waals surface area contributed by atoms with Gasteiger partial charge in [-0.3, -0.25) is 0 Å². The van der Waals surface area contributed by atoms with Crippen molar-refractivity contribution in [3.05, 3.63) is 82.9 Å². The van der Waals surface area contributed by atoms with Gasteiger partial charge in [-0.1, -0.05) is 60.7 Å². The molecule has 122 valence electrons. The second kappa shape index (κ2) is 7.75. The Morgan fingerprint density at radius 1 is 1.04 bits per heavy atom. The molecule has 3 rings (SSSR count). The Kier molecular flexibility index (Phi) is 5.23. The maximum Gasteiger partial charge on any atom is 0.326 e. The Bertz CT molecular complexity index is 787. The van der Waals surface area contributed by atoms with Gasteiger partial charge in [0.05, 0.1) is 5.69 Å². The summed E-state index contributed by atoms with van der Waals surface area (Å²) >= 11 is 1.44. The predicted octanol–water partition coefficient (Wildman–Crippen LogP) is 3.84. The number of carboxylic acids is 1. The molecule has 0 aliphatic carbocycles. The first kappa shape index (κ1) is 16.2. The highest BCUT2D eigenvalue weighted by Crippen LogP contribution is 2.20. The van der Waals surface area contributed by atoms with E-state index in [0.717, 1.165) is 17.7 Å². The summed E-state index contributed by atoms with van der Waals surface area (Å²) in [4.78, 5) is 16.0. The highest BCUT2D eigenvalue weighted by molar-refractivity contribution is 7.13. The summed E-state index contributed by atoms with van der Waals surface area (Å²) in [7, 11) is 0. The molecule has 2 aromatic carbocycles. The largest absolute Gasteiger partial charge is 0.480 e. The quantitative estimate of drug-likeness (QED) is 0.687. The third kappa shape index (κ3) is 4.43. The molecule has 0 aliphatic heterocycles. The lowest BCUT2D eigenvalue weighted by molar-refractivity contribution is -0.137. The van der Waals surface area contributed by atoms with Crippen LogP contribution in [0.5, 0.6) is 0 Å². The first-order chi connectivity index (χ1) is 11.7. The van der Waals surface area contributed by atoms with Crippen molar-refractivity contribution < 1.29 is 9.90 Å². The topological polar surface area (TPSA) is 62.2 Å². The molecule has 0 aliphatic rings. The van der Waals surface area contributed by atoms with E-state index >= 15 is 0 Å². The van der Waals surface area contributed by atoms with E-state index in [-0.39, 0.29) is 0 Å². The lowest BCUT2D eigenvalue weighted by Crippen LogP contribution is -2.31. The Balaban J connectivity index is 1.66. The third-order valence-electron chi connectivity index (χ3n) is 3.66. The van der Waals surface area contributed by atoms with Crippen LogP contribution >= 0.6 is 11.3 Å². The second-order valence-electron chi connectivity index (χ2n) is 5.53. The Hall–Kier alpha value is -2.66. The van der Waals surface area contributed by atoms with E-state index in [0.29, 0.717) is 11.6 Å². The van der Waals surface area contributed by atoms with Crippen LogP contribution in [-0.4, -0.2) is 22.1 Å². The minimum Gasteiger partial charge on any atom is -0.480 e. The van der Waals surface area contributed by atoms with Gasteiger partial charge in [0, 0.05) is 18.2 Å². The number of benzene rings is 2. The first-order valence-corrected chi connectivity index (χ1v) is 8.60. The summed E-state index contributed by atoms with van der Waals surface area (Å²) < 4.78 is 0. The van der Waals surface area contributed by atoms with Crippen molar-refractivity contribution in [1.82, 2.24) is 4.98 Å². The van der Waals surface area contributed by atoms with Gasteiger partial charge < -0.3 is 10.4 Å². The van der Waals surface area contributed by atoms with E-state index in [1.54, 1.807) is 0 Å². The van der Waals surface area contributed by atoms with Crippen LogP contribution in [0.1, 0.15) is 16.8 Å². The van der Waals surface area contributed by atoms with Gasteiger partial charge in [-0.05, 0) is 11.1 Å². The molecule has 0 saturated heterocycles. The predicted molar refractivity (Wildman–Crippen MR) is 96.6 cm³/mol. The molecule has 4 nitrogen and oxygen atoms in total. The summed E-state index contributed by atoms with van der Waals surface area (Å²) in [6.07, 6.45) is 1.17. The molecule has 0 amide bonds. The van der Waals surface area contributed by atoms with Crippen LogP contribution in [0.25, 0.3) is 0 Å². The van der Waals surface area contributed by atoms with Gasteiger partial charge in [-0.2, -0.15) is 0 Å². The van der Waals surface area contributed by atoms with Gasteiger partial charge >= 0.3 is 5.97 Å². The molecule has 0 fully saturated rings. The fraction of sp³-hybridized carbons (Fsp3) is 0.158. The number of carboxylic acid groups (broad SMARTS) is 1. The van der Waals surface area contributed by atoms with E-state index < -0.39 is 12.0 Å². The number of carbonyl (C=O) groups is 1. The van der Waals surface area contributed by atoms with Crippen LogP contribution in [0, 0.1) is 0 Å². The van der Waals surface area contributed by atoms with Gasteiger partial charge in [-0.15, -0.1) is 11.3 Å². The van der Waals surface area contributed by atoms with Crippen LogP contribution in [0.2, 0.25) is 0 Å². The summed E-state index contributed by atoms with van der Waals surface area (Å²) in [5, 5.41) is 15.1. The molecule has 5 heteroatoms. The fourth-order valence-corrected chi connectivity index (χ4v) is 3.22. The number of nitrogens with zero attached hydrogens (tertiary/aromatic N) is 1. The van der Waals surface area contributed by atoms with E-state index in [9.17, 15) is 9.90 Å². The van der Waals surface area contributed by atoms with Gasteiger partial charge in [0.1, 0.15) is 6.04 Å². The van der Waals surface area contributed by atoms with Crippen molar-refractivity contribution in [2.45, 2.75) is 18.9 Å². The van der Waals surface area contributed by atoms with Crippen LogP contribution in [0.4, 0.5) is 5.13 Å². The first-order valence-electron chi connectivity index (χ1n) is 7.72. The van der Waals surface area contributed by atoms with Crippen molar-refractivity contribution in [1.29, 1.82) is 0 Å². The lowest BCUT2D eigenvalue weighted by Gasteiger charge is -2.13. The number of rotatable bonds is 7. The summed E-state index contributed by atoms with van der Waals surface area (Å²) in [6.45, 7) is 0. The SMILES string of the molecule is O=C(O)[C@@H](Cc1ccccc1)Nc1nc(Cc2ccccc2)cs1. The van der Waals surface area contributed by atoms with Crippen LogP contribution < -0.4 is 5.32 Å². The zero-order chi connectivity index (χ0) is 16.8. The summed E-state index contributed by atoms with van der Waals surface area (Å²) in [6, 6.07) is 19.0. The Morgan fingerprint density at radius 3 is 2.29 bits per heavy atom. The molecule has 1 heterocycles. The third-order valence-corrected chi connectivity index (χ3v) is 4.48. The summed E-state index contributed by atoms with van der Waals surface area (Å²) in [5.74, 6) is -0.876. The molecule has 2 N–H and O–H groups in total. The number of aliphatic carboxylic acids is 1. The van der Waals surface area contributed by atoms with Crippen molar-refractivity contribution in [3.8, 4) is 0 Å². The molecule has 1 atom stereocenters. The minimum absolute atomic E-state index is 0.420. The van der Waals surface area contributed by atoms with E-state index in [1.165, 1.54) is 16.9 Å². The molecule has 0 spiro atoms. The van der Waals surface area contributed by atoms with E-state index in [1.807, 2.05) is 53.9 Å². The molecular formula is C19H18N2O2S. The number of thiazole rings is 1. The molecule has 0 bridgehead atoms. The maximum absolute atomic E-state index is 11.5. The van der Waals surface area contributed by atoms with E-state index in [4.69, 9.17) is 0 Å². The van der Waals surface area contributed by atoms with Gasteiger partial charge in [0.2, 0.25) is 0 Å². The van der Waals surface area contributed by atoms with E-state index in [2.05, 4.69) is 22.4 Å². The van der Waals surface area contributed by atoms with Crippen LogP contribution in [0.15, 0.2) is 66.0 Å². The zero-order valence-electron chi connectivity index (χ0n) is 13.1. The number of hydrogen-bond acceptors (Lipinski definition) is 4. The molecule has 24 heavy (non-hydrogen) atoms. The highest BCUT2D eigenvalue weighted by atomic mass is 32.1. The Labute approximate surface area is 144 Å². The summed E-state index contributed by atoms with van der Waals surface area (Å²) in [5.41, 5.74) is 3.12. The highest BCUT2D eigenvalue weighted by Gasteiger charge is 2.19. The normalized spacial score (nSPS) is 11.8. The number of anilines is 1. The minimum atomic E-state index is -0.876. The van der Waals surface area contributed by atoms with Crippen molar-refractivity contribution in [3.63, 3.8) is 0 Å². The molecule has 1 aromatic heterocycles. The second-order valence-corrected chi connectivity index (χ2v) is 6.39. The van der Waals surface area contributed by atoms with Crippen LogP contribution in [0.3, 0.4) is 0 Å².